The molecular weight excluding hydrogens is 340 g/mol. The maximum atomic E-state index is 12.2. The van der Waals surface area contributed by atoms with Crippen LogP contribution in [0.25, 0.3) is 22.1 Å². The van der Waals surface area contributed by atoms with E-state index in [0.29, 0.717) is 11.3 Å². The molecule has 0 amide bonds. The van der Waals surface area contributed by atoms with Gasteiger partial charge in [-0.2, -0.15) is 0 Å². The van der Waals surface area contributed by atoms with Gasteiger partial charge in [0.2, 0.25) is 0 Å². The van der Waals surface area contributed by atoms with E-state index in [1.807, 2.05) is 54.6 Å². The Balaban J connectivity index is 1.45. The number of benzene rings is 3. The molecule has 3 aromatic carbocycles. The lowest BCUT2D eigenvalue weighted by Crippen LogP contribution is -2.11. The molecular formula is C23H16O4. The van der Waals surface area contributed by atoms with Crippen molar-refractivity contribution in [3.63, 3.8) is 0 Å². The van der Waals surface area contributed by atoms with E-state index in [0.717, 1.165) is 22.1 Å². The molecule has 0 fully saturated rings. The molecule has 4 heteroatoms. The Bertz CT molecular complexity index is 1140. The number of rotatable bonds is 4. The lowest BCUT2D eigenvalue weighted by Gasteiger charge is -2.06. The second-order valence-corrected chi connectivity index (χ2v) is 6.17. The molecule has 1 aromatic heterocycles. The van der Waals surface area contributed by atoms with E-state index in [1.165, 1.54) is 6.07 Å². The minimum absolute atomic E-state index is 0.159. The van der Waals surface area contributed by atoms with Crippen LogP contribution >= 0.6 is 0 Å². The molecule has 27 heavy (non-hydrogen) atoms. The van der Waals surface area contributed by atoms with Crippen LogP contribution in [0.5, 0.6) is 5.75 Å². The monoisotopic (exact) mass is 356 g/mol. The molecule has 0 bridgehead atoms. The maximum Gasteiger partial charge on any atom is 0.336 e. The van der Waals surface area contributed by atoms with Crippen LogP contribution in [0.4, 0.5) is 0 Å². The molecule has 0 saturated heterocycles. The first-order chi connectivity index (χ1) is 13.2. The fourth-order valence-electron chi connectivity index (χ4n) is 2.88. The smallest absolute Gasteiger partial charge is 0.336 e. The van der Waals surface area contributed by atoms with Crippen LogP contribution in [-0.2, 0) is 11.2 Å². The molecule has 0 N–H and O–H groups in total. The summed E-state index contributed by atoms with van der Waals surface area (Å²) in [5.41, 5.74) is 3.04. The SMILES string of the molecule is O=C(Cc1ccc(-c2ccccc2)cc1)Oc1ccc2ccc(=O)oc2c1. The summed E-state index contributed by atoms with van der Waals surface area (Å²) in [5.74, 6) is -0.0251. The van der Waals surface area contributed by atoms with Gasteiger partial charge in [-0.15, -0.1) is 0 Å². The van der Waals surface area contributed by atoms with Gasteiger partial charge in [-0.1, -0.05) is 54.6 Å². The number of fused-ring (bicyclic) bond motifs is 1. The molecule has 0 aliphatic rings. The van der Waals surface area contributed by atoms with Gasteiger partial charge in [0, 0.05) is 17.5 Å². The summed E-state index contributed by atoms with van der Waals surface area (Å²) in [6.07, 6.45) is 0.159. The van der Waals surface area contributed by atoms with E-state index >= 15 is 0 Å². The molecule has 0 aliphatic carbocycles. The van der Waals surface area contributed by atoms with Crippen molar-refractivity contribution >= 4 is 16.9 Å². The third kappa shape index (κ3) is 3.96. The summed E-state index contributed by atoms with van der Waals surface area (Å²) in [5, 5.41) is 0.769. The Kier molecular flexibility index (Phi) is 4.54. The number of ether oxygens (including phenoxy) is 1. The molecule has 0 spiro atoms. The van der Waals surface area contributed by atoms with Gasteiger partial charge in [-0.3, -0.25) is 4.79 Å². The second kappa shape index (κ2) is 7.30. The van der Waals surface area contributed by atoms with Gasteiger partial charge in [0.15, 0.2) is 0 Å². The Morgan fingerprint density at radius 1 is 0.815 bits per heavy atom. The molecule has 0 saturated carbocycles. The van der Waals surface area contributed by atoms with Crippen LogP contribution in [-0.4, -0.2) is 5.97 Å². The zero-order chi connectivity index (χ0) is 18.6. The van der Waals surface area contributed by atoms with E-state index in [4.69, 9.17) is 9.15 Å². The summed E-state index contributed by atoms with van der Waals surface area (Å²) >= 11 is 0. The highest BCUT2D eigenvalue weighted by atomic mass is 16.5. The number of hydrogen-bond donors (Lipinski definition) is 0. The van der Waals surface area contributed by atoms with Gasteiger partial charge < -0.3 is 9.15 Å². The van der Waals surface area contributed by atoms with Crippen LogP contribution < -0.4 is 10.4 Å². The average molecular weight is 356 g/mol. The number of carbonyl (C=O) groups is 1. The lowest BCUT2D eigenvalue weighted by atomic mass is 10.0. The van der Waals surface area contributed by atoms with E-state index in [1.54, 1.807) is 24.3 Å². The van der Waals surface area contributed by atoms with Crippen LogP contribution in [0, 0.1) is 0 Å². The van der Waals surface area contributed by atoms with Gasteiger partial charge in [-0.25, -0.2) is 4.79 Å². The van der Waals surface area contributed by atoms with Crippen LogP contribution in [0.1, 0.15) is 5.56 Å². The van der Waals surface area contributed by atoms with E-state index < -0.39 is 5.63 Å². The maximum absolute atomic E-state index is 12.2. The molecule has 4 nitrogen and oxygen atoms in total. The quantitative estimate of drug-likeness (QED) is 0.304. The summed E-state index contributed by atoms with van der Waals surface area (Å²) in [6, 6.07) is 25.9. The van der Waals surface area contributed by atoms with Crippen molar-refractivity contribution in [2.75, 3.05) is 0 Å². The standard InChI is InChI=1S/C23H16O4/c24-22-13-11-19-10-12-20(15-21(19)27-22)26-23(25)14-16-6-8-18(9-7-16)17-4-2-1-3-5-17/h1-13,15H,14H2. The third-order valence-electron chi connectivity index (χ3n) is 4.24. The van der Waals surface area contributed by atoms with Gasteiger partial charge >= 0.3 is 11.6 Å². The predicted molar refractivity (Wildman–Crippen MR) is 104 cm³/mol. The van der Waals surface area contributed by atoms with E-state index in [-0.39, 0.29) is 12.4 Å². The van der Waals surface area contributed by atoms with Crippen molar-refractivity contribution in [2.24, 2.45) is 0 Å². The van der Waals surface area contributed by atoms with Gasteiger partial charge in [0.1, 0.15) is 11.3 Å². The highest BCUT2D eigenvalue weighted by Gasteiger charge is 2.08. The van der Waals surface area contributed by atoms with Crippen molar-refractivity contribution in [3.8, 4) is 16.9 Å². The van der Waals surface area contributed by atoms with E-state index in [2.05, 4.69) is 0 Å². The lowest BCUT2D eigenvalue weighted by molar-refractivity contribution is -0.133. The Morgan fingerprint density at radius 2 is 1.52 bits per heavy atom. The summed E-state index contributed by atoms with van der Waals surface area (Å²) < 4.78 is 10.5. The first kappa shape index (κ1) is 16.8. The largest absolute Gasteiger partial charge is 0.426 e. The minimum Gasteiger partial charge on any atom is -0.426 e. The fraction of sp³-hybridized carbons (Fsp3) is 0.0435. The van der Waals surface area contributed by atoms with Crippen LogP contribution in [0.15, 0.2) is 94.1 Å². The van der Waals surface area contributed by atoms with Crippen LogP contribution in [0.2, 0.25) is 0 Å². The summed E-state index contributed by atoms with van der Waals surface area (Å²) in [7, 11) is 0. The first-order valence-corrected chi connectivity index (χ1v) is 8.56. The molecule has 0 radical (unpaired) electrons. The zero-order valence-corrected chi connectivity index (χ0v) is 14.4. The fourth-order valence-corrected chi connectivity index (χ4v) is 2.88. The van der Waals surface area contributed by atoms with Crippen molar-refractivity contribution in [2.45, 2.75) is 6.42 Å². The molecule has 0 unspecified atom stereocenters. The number of esters is 1. The molecule has 4 aromatic rings. The number of carbonyl (C=O) groups excluding carboxylic acids is 1. The van der Waals surface area contributed by atoms with Gasteiger partial charge in [0.05, 0.1) is 6.42 Å². The van der Waals surface area contributed by atoms with E-state index in [9.17, 15) is 9.59 Å². The van der Waals surface area contributed by atoms with Crippen molar-refractivity contribution < 1.29 is 13.9 Å². The molecule has 4 rings (SSSR count). The highest BCUT2D eigenvalue weighted by Crippen LogP contribution is 2.21. The number of hydrogen-bond acceptors (Lipinski definition) is 4. The second-order valence-electron chi connectivity index (χ2n) is 6.17. The third-order valence-corrected chi connectivity index (χ3v) is 4.24. The van der Waals surface area contributed by atoms with Crippen LogP contribution in [0.3, 0.4) is 0 Å². The Labute approximate surface area is 155 Å². The van der Waals surface area contributed by atoms with Crippen molar-refractivity contribution in [3.05, 3.63) is 101 Å². The topological polar surface area (TPSA) is 56.5 Å². The van der Waals surface area contributed by atoms with Gasteiger partial charge in [0.25, 0.3) is 0 Å². The molecule has 132 valence electrons. The summed E-state index contributed by atoms with van der Waals surface area (Å²) in [6.45, 7) is 0. The average Bonchev–Trinajstić information content (AvgIpc) is 2.69. The van der Waals surface area contributed by atoms with Gasteiger partial charge in [-0.05, 0) is 34.9 Å². The Morgan fingerprint density at radius 3 is 2.30 bits per heavy atom. The summed E-state index contributed by atoms with van der Waals surface area (Å²) in [4.78, 5) is 23.5. The minimum atomic E-state index is -0.440. The zero-order valence-electron chi connectivity index (χ0n) is 14.4. The molecule has 0 aliphatic heterocycles. The normalized spacial score (nSPS) is 10.7. The highest BCUT2D eigenvalue weighted by molar-refractivity contribution is 5.80. The Hall–Kier alpha value is -3.66. The predicted octanol–water partition coefficient (Wildman–Crippen LogP) is 4.61. The molecule has 1 heterocycles. The molecule has 0 atom stereocenters. The first-order valence-electron chi connectivity index (χ1n) is 8.56. The van der Waals surface area contributed by atoms with Crippen molar-refractivity contribution in [1.82, 2.24) is 0 Å². The van der Waals surface area contributed by atoms with Crippen molar-refractivity contribution in [1.29, 1.82) is 0 Å².